The molecule has 0 aliphatic rings. The topological polar surface area (TPSA) is 160 Å². The Balaban J connectivity index is 3.24. The summed E-state index contributed by atoms with van der Waals surface area (Å²) >= 11 is 0. The Bertz CT molecular complexity index is 612. The predicted molar refractivity (Wildman–Crippen MR) is 96.0 cm³/mol. The summed E-state index contributed by atoms with van der Waals surface area (Å²) in [7, 11) is 0. The zero-order chi connectivity index (χ0) is 19.5. The van der Waals surface area contributed by atoms with Gasteiger partial charge >= 0.3 is 17.7 Å². The molecule has 146 valence electrons. The highest BCUT2D eigenvalue weighted by molar-refractivity contribution is 5.78. The van der Waals surface area contributed by atoms with Crippen molar-refractivity contribution in [1.82, 2.24) is 9.97 Å². The van der Waals surface area contributed by atoms with Crippen LogP contribution in [0.1, 0.15) is 33.1 Å². The Morgan fingerprint density at radius 2 is 2.04 bits per heavy atom. The number of carbonyl (C=O) groups is 1. The Hall–Kier alpha value is -2.69. The first-order valence-corrected chi connectivity index (χ1v) is 8.49. The van der Waals surface area contributed by atoms with Crippen LogP contribution in [0.15, 0.2) is 0 Å². The van der Waals surface area contributed by atoms with Crippen molar-refractivity contribution in [3.63, 3.8) is 0 Å². The van der Waals surface area contributed by atoms with Gasteiger partial charge in [0.05, 0.1) is 18.1 Å². The first-order chi connectivity index (χ1) is 12.4. The summed E-state index contributed by atoms with van der Waals surface area (Å²) in [5.41, 5.74) is 10.8. The second kappa shape index (κ2) is 11.0. The van der Waals surface area contributed by atoms with E-state index in [4.69, 9.17) is 20.9 Å². The number of carbonyl (C=O) groups excluding carboxylic acids is 1. The lowest BCUT2D eigenvalue weighted by Crippen LogP contribution is -2.34. The van der Waals surface area contributed by atoms with E-state index < -0.39 is 16.6 Å². The van der Waals surface area contributed by atoms with Gasteiger partial charge in [0.2, 0.25) is 11.6 Å². The van der Waals surface area contributed by atoms with Crippen LogP contribution in [-0.4, -0.2) is 53.7 Å². The van der Waals surface area contributed by atoms with Crippen LogP contribution in [0.25, 0.3) is 0 Å². The van der Waals surface area contributed by atoms with Gasteiger partial charge < -0.3 is 25.8 Å². The highest BCUT2D eigenvalue weighted by atomic mass is 16.6. The van der Waals surface area contributed by atoms with Gasteiger partial charge in [-0.2, -0.15) is 9.97 Å². The molecule has 0 bridgehead atoms. The summed E-state index contributed by atoms with van der Waals surface area (Å²) in [6.45, 7) is 4.60. The molecular weight excluding hydrogens is 344 g/mol. The second-order valence-electron chi connectivity index (χ2n) is 5.39. The van der Waals surface area contributed by atoms with Crippen LogP contribution in [0.5, 0.6) is 6.01 Å². The van der Waals surface area contributed by atoms with Crippen LogP contribution in [0.4, 0.5) is 17.3 Å². The number of nitrogen functional groups attached to an aromatic ring is 1. The van der Waals surface area contributed by atoms with E-state index in [-0.39, 0.29) is 37.3 Å². The molecule has 0 saturated heterocycles. The van der Waals surface area contributed by atoms with E-state index in [1.54, 1.807) is 6.92 Å². The van der Waals surface area contributed by atoms with E-state index in [2.05, 4.69) is 9.97 Å². The molecule has 1 rings (SSSR count). The van der Waals surface area contributed by atoms with Gasteiger partial charge in [0.1, 0.15) is 6.54 Å². The minimum atomic E-state index is -0.679. The lowest BCUT2D eigenvalue weighted by molar-refractivity contribution is -0.383. The number of anilines is 2. The Morgan fingerprint density at radius 1 is 1.31 bits per heavy atom. The molecule has 0 unspecified atom stereocenters. The summed E-state index contributed by atoms with van der Waals surface area (Å²) in [5.74, 6) is -0.951. The zero-order valence-electron chi connectivity index (χ0n) is 15.1. The number of esters is 1. The molecule has 0 atom stereocenters. The van der Waals surface area contributed by atoms with E-state index in [0.29, 0.717) is 19.6 Å². The smallest absolute Gasteiger partial charge is 0.353 e. The molecule has 0 spiro atoms. The number of nitrogens with zero attached hydrogens (tertiary/aromatic N) is 4. The summed E-state index contributed by atoms with van der Waals surface area (Å²) < 4.78 is 10.3. The molecule has 26 heavy (non-hydrogen) atoms. The van der Waals surface area contributed by atoms with Crippen molar-refractivity contribution < 1.29 is 19.2 Å². The standard InChI is InChI=1S/C15H26N6O5/c1-3-5-9-26-15-18-13(17)12(21(23)24)14(19-15)20(8-6-7-16)10-11(22)25-4-2/h3-10,16H2,1-2H3,(H2,17,18,19). The molecule has 0 saturated carbocycles. The zero-order valence-corrected chi connectivity index (χ0v) is 15.1. The fraction of sp³-hybridized carbons (Fsp3) is 0.667. The van der Waals surface area contributed by atoms with Gasteiger partial charge in [-0.3, -0.25) is 14.9 Å². The lowest BCUT2D eigenvalue weighted by atomic mass is 10.3. The SMILES string of the molecule is CCCCOc1nc(N)c([N+](=O)[O-])c(N(CCCN)CC(=O)OCC)n1. The number of unbranched alkanes of at least 4 members (excludes halogenated alkanes) is 1. The van der Waals surface area contributed by atoms with Crippen molar-refractivity contribution >= 4 is 23.3 Å². The third kappa shape index (κ3) is 6.31. The molecule has 0 fully saturated rings. The molecule has 0 amide bonds. The Morgan fingerprint density at radius 3 is 2.62 bits per heavy atom. The average molecular weight is 370 g/mol. The molecular formula is C15H26N6O5. The monoisotopic (exact) mass is 370 g/mol. The van der Waals surface area contributed by atoms with E-state index in [0.717, 1.165) is 12.8 Å². The summed E-state index contributed by atoms with van der Waals surface area (Å²) in [6, 6.07) is -0.0712. The molecule has 1 aromatic rings. The van der Waals surface area contributed by atoms with E-state index >= 15 is 0 Å². The molecule has 1 aromatic heterocycles. The van der Waals surface area contributed by atoms with Gasteiger partial charge in [-0.05, 0) is 26.3 Å². The molecule has 1 heterocycles. The fourth-order valence-electron chi connectivity index (χ4n) is 2.11. The molecule has 0 radical (unpaired) electrons. The maximum Gasteiger partial charge on any atom is 0.353 e. The highest BCUT2D eigenvalue weighted by Gasteiger charge is 2.29. The molecule has 0 aliphatic heterocycles. The maximum atomic E-state index is 11.9. The van der Waals surface area contributed by atoms with Crippen molar-refractivity contribution in [2.75, 3.05) is 43.5 Å². The first-order valence-electron chi connectivity index (χ1n) is 8.49. The summed E-state index contributed by atoms with van der Waals surface area (Å²) in [4.78, 5) is 32.0. The van der Waals surface area contributed by atoms with Crippen LogP contribution in [-0.2, 0) is 9.53 Å². The van der Waals surface area contributed by atoms with Gasteiger partial charge in [-0.15, -0.1) is 0 Å². The number of hydrogen-bond acceptors (Lipinski definition) is 10. The molecule has 4 N–H and O–H groups in total. The molecule has 11 nitrogen and oxygen atoms in total. The minimum absolute atomic E-state index is 0.0712. The van der Waals surface area contributed by atoms with Crippen molar-refractivity contribution in [3.05, 3.63) is 10.1 Å². The van der Waals surface area contributed by atoms with Crippen molar-refractivity contribution in [2.45, 2.75) is 33.1 Å². The van der Waals surface area contributed by atoms with Crippen LogP contribution in [0.2, 0.25) is 0 Å². The third-order valence-electron chi connectivity index (χ3n) is 3.34. The third-order valence-corrected chi connectivity index (χ3v) is 3.34. The van der Waals surface area contributed by atoms with Gasteiger partial charge in [0, 0.05) is 6.54 Å². The van der Waals surface area contributed by atoms with Gasteiger partial charge in [0.25, 0.3) is 0 Å². The fourth-order valence-corrected chi connectivity index (χ4v) is 2.11. The second-order valence-corrected chi connectivity index (χ2v) is 5.39. The largest absolute Gasteiger partial charge is 0.465 e. The van der Waals surface area contributed by atoms with Crippen molar-refractivity contribution in [1.29, 1.82) is 0 Å². The number of ether oxygens (including phenoxy) is 2. The quantitative estimate of drug-likeness (QED) is 0.234. The van der Waals surface area contributed by atoms with Crippen LogP contribution in [0.3, 0.4) is 0 Å². The Labute approximate surface area is 151 Å². The van der Waals surface area contributed by atoms with Crippen molar-refractivity contribution in [3.8, 4) is 6.01 Å². The highest BCUT2D eigenvalue weighted by Crippen LogP contribution is 2.32. The van der Waals surface area contributed by atoms with Gasteiger partial charge in [0.15, 0.2) is 0 Å². The van der Waals surface area contributed by atoms with Gasteiger partial charge in [-0.1, -0.05) is 13.3 Å². The number of rotatable bonds is 12. The maximum absolute atomic E-state index is 11.9. The normalized spacial score (nSPS) is 10.4. The van der Waals surface area contributed by atoms with Crippen LogP contribution < -0.4 is 21.1 Å². The van der Waals surface area contributed by atoms with Crippen LogP contribution in [0, 0.1) is 10.1 Å². The summed E-state index contributed by atoms with van der Waals surface area (Å²) in [5, 5.41) is 11.4. The minimum Gasteiger partial charge on any atom is -0.465 e. The van der Waals surface area contributed by atoms with E-state index in [1.165, 1.54) is 4.90 Å². The van der Waals surface area contributed by atoms with Crippen molar-refractivity contribution in [2.24, 2.45) is 5.73 Å². The molecule has 0 aromatic carbocycles. The Kier molecular flexibility index (Phi) is 9.06. The number of nitrogens with two attached hydrogens (primary N) is 2. The predicted octanol–water partition coefficient (Wildman–Crippen LogP) is 0.864. The molecule has 0 aliphatic carbocycles. The number of hydrogen-bond donors (Lipinski definition) is 2. The van der Waals surface area contributed by atoms with E-state index in [9.17, 15) is 14.9 Å². The molecule has 11 heteroatoms. The first kappa shape index (κ1) is 21.4. The van der Waals surface area contributed by atoms with Gasteiger partial charge in [-0.25, -0.2) is 0 Å². The average Bonchev–Trinajstić information content (AvgIpc) is 2.58. The number of nitro groups is 1. The summed E-state index contributed by atoms with van der Waals surface area (Å²) in [6.07, 6.45) is 2.17. The van der Waals surface area contributed by atoms with E-state index in [1.807, 2.05) is 6.92 Å². The lowest BCUT2D eigenvalue weighted by Gasteiger charge is -2.22. The number of aromatic nitrogens is 2. The van der Waals surface area contributed by atoms with Crippen LogP contribution >= 0.6 is 0 Å².